The average molecular weight is 364 g/mol. The summed E-state index contributed by atoms with van der Waals surface area (Å²) in [5, 5.41) is 8.68. The number of nitrogens with zero attached hydrogens (tertiary/aromatic N) is 2. The zero-order valence-electron chi connectivity index (χ0n) is 15.2. The highest BCUT2D eigenvalue weighted by atomic mass is 16.5. The predicted molar refractivity (Wildman–Crippen MR) is 94.5 cm³/mol. The van der Waals surface area contributed by atoms with Crippen LogP contribution in [0.5, 0.6) is 11.5 Å². The minimum atomic E-state index is -0.889. The molecule has 1 atom stereocenters. The van der Waals surface area contributed by atoms with Gasteiger partial charge in [0.05, 0.1) is 25.8 Å². The molecule has 1 aromatic carbocycles. The Morgan fingerprint density at radius 2 is 2.04 bits per heavy atom. The first-order valence-corrected chi connectivity index (χ1v) is 8.36. The molecule has 0 spiro atoms. The third kappa shape index (κ3) is 4.44. The quantitative estimate of drug-likeness (QED) is 0.749. The highest BCUT2D eigenvalue weighted by molar-refractivity contribution is 6.01. The molecule has 26 heavy (non-hydrogen) atoms. The minimum Gasteiger partial charge on any atom is -0.497 e. The van der Waals surface area contributed by atoms with Gasteiger partial charge in [0.1, 0.15) is 11.5 Å². The minimum absolute atomic E-state index is 0.0103. The van der Waals surface area contributed by atoms with Crippen LogP contribution < -0.4 is 14.4 Å². The molecule has 2 rings (SSSR count). The van der Waals surface area contributed by atoms with Gasteiger partial charge in [-0.2, -0.15) is 0 Å². The van der Waals surface area contributed by atoms with Crippen LogP contribution >= 0.6 is 0 Å². The van der Waals surface area contributed by atoms with Crippen LogP contribution in [0.4, 0.5) is 5.69 Å². The highest BCUT2D eigenvalue weighted by Gasteiger charge is 2.37. The number of methoxy groups -OCH3 is 2. The molecular formula is C18H24N2O6. The van der Waals surface area contributed by atoms with E-state index >= 15 is 0 Å². The Hall–Kier alpha value is -2.77. The van der Waals surface area contributed by atoms with Crippen molar-refractivity contribution < 1.29 is 29.0 Å². The second-order valence-electron chi connectivity index (χ2n) is 6.20. The fourth-order valence-corrected chi connectivity index (χ4v) is 3.00. The Morgan fingerprint density at radius 3 is 2.65 bits per heavy atom. The molecule has 1 saturated heterocycles. The van der Waals surface area contributed by atoms with Crippen molar-refractivity contribution in [3.05, 3.63) is 18.2 Å². The molecule has 0 bridgehead atoms. The maximum Gasteiger partial charge on any atom is 0.303 e. The van der Waals surface area contributed by atoms with Crippen LogP contribution in [0.3, 0.4) is 0 Å². The molecule has 0 aromatic heterocycles. The molecule has 2 amide bonds. The lowest BCUT2D eigenvalue weighted by Crippen LogP contribution is -2.35. The molecule has 1 unspecified atom stereocenters. The Bertz CT molecular complexity index is 690. The van der Waals surface area contributed by atoms with Crippen molar-refractivity contribution in [2.45, 2.75) is 19.3 Å². The molecule has 0 aliphatic carbocycles. The highest BCUT2D eigenvalue weighted by Crippen LogP contribution is 2.36. The Balaban J connectivity index is 2.06. The molecule has 1 aliphatic rings. The van der Waals surface area contributed by atoms with Crippen molar-refractivity contribution in [3.8, 4) is 11.5 Å². The van der Waals surface area contributed by atoms with Crippen molar-refractivity contribution in [2.24, 2.45) is 5.92 Å². The van der Waals surface area contributed by atoms with E-state index in [1.54, 1.807) is 37.3 Å². The van der Waals surface area contributed by atoms with Gasteiger partial charge in [-0.25, -0.2) is 0 Å². The summed E-state index contributed by atoms with van der Waals surface area (Å²) in [6, 6.07) is 5.16. The van der Waals surface area contributed by atoms with Gasteiger partial charge < -0.3 is 24.4 Å². The molecule has 1 N–H and O–H groups in total. The van der Waals surface area contributed by atoms with E-state index < -0.39 is 11.9 Å². The summed E-state index contributed by atoms with van der Waals surface area (Å²) in [5.41, 5.74) is 0.599. The first-order valence-electron chi connectivity index (χ1n) is 8.36. The van der Waals surface area contributed by atoms with Crippen LogP contribution in [0.2, 0.25) is 0 Å². The molecule has 0 saturated carbocycles. The van der Waals surface area contributed by atoms with E-state index in [0.717, 1.165) is 0 Å². The van der Waals surface area contributed by atoms with E-state index in [1.807, 2.05) is 0 Å². The van der Waals surface area contributed by atoms with E-state index in [-0.39, 0.29) is 31.2 Å². The van der Waals surface area contributed by atoms with Crippen molar-refractivity contribution >= 4 is 23.5 Å². The molecule has 0 radical (unpaired) electrons. The van der Waals surface area contributed by atoms with Crippen LogP contribution in [-0.2, 0) is 14.4 Å². The van der Waals surface area contributed by atoms with Crippen molar-refractivity contribution in [3.63, 3.8) is 0 Å². The molecular weight excluding hydrogens is 340 g/mol. The van der Waals surface area contributed by atoms with Crippen LogP contribution in [0.25, 0.3) is 0 Å². The average Bonchev–Trinajstić information content (AvgIpc) is 3.01. The van der Waals surface area contributed by atoms with Crippen molar-refractivity contribution in [1.82, 2.24) is 4.90 Å². The van der Waals surface area contributed by atoms with Gasteiger partial charge in [0, 0.05) is 39.0 Å². The summed E-state index contributed by atoms with van der Waals surface area (Å²) in [6.45, 7) is 0.616. The standard InChI is InChI=1S/C18H24N2O6/c1-19(8-4-5-17(22)23)18(24)12-9-16(21)20(11-12)14-7-6-13(25-2)10-15(14)26-3/h6-7,10,12H,4-5,8-9,11H2,1-3H3,(H,22,23). The Labute approximate surface area is 152 Å². The summed E-state index contributed by atoms with van der Waals surface area (Å²) in [6.07, 6.45) is 0.516. The number of benzene rings is 1. The third-order valence-electron chi connectivity index (χ3n) is 4.41. The normalized spacial score (nSPS) is 16.5. The number of amides is 2. The number of rotatable bonds is 8. The van der Waals surface area contributed by atoms with Gasteiger partial charge in [-0.3, -0.25) is 14.4 Å². The SMILES string of the molecule is COc1ccc(N2CC(C(=O)N(C)CCCC(=O)O)CC2=O)c(OC)c1. The number of hydrogen-bond acceptors (Lipinski definition) is 5. The first kappa shape index (κ1) is 19.6. The summed E-state index contributed by atoms with van der Waals surface area (Å²) in [7, 11) is 4.69. The third-order valence-corrected chi connectivity index (χ3v) is 4.41. The molecule has 1 heterocycles. The summed E-state index contributed by atoms with van der Waals surface area (Å²) >= 11 is 0. The molecule has 8 nitrogen and oxygen atoms in total. The number of ether oxygens (including phenoxy) is 2. The topological polar surface area (TPSA) is 96.4 Å². The van der Waals surface area contributed by atoms with Gasteiger partial charge in [-0.15, -0.1) is 0 Å². The van der Waals surface area contributed by atoms with Crippen molar-refractivity contribution in [1.29, 1.82) is 0 Å². The predicted octanol–water partition coefficient (Wildman–Crippen LogP) is 1.38. The fraction of sp³-hybridized carbons (Fsp3) is 0.500. The molecule has 142 valence electrons. The van der Waals surface area contributed by atoms with E-state index in [9.17, 15) is 14.4 Å². The molecule has 1 aromatic rings. The number of carboxylic acids is 1. The number of aliphatic carboxylic acids is 1. The van der Waals surface area contributed by atoms with E-state index in [2.05, 4.69) is 0 Å². The van der Waals surface area contributed by atoms with E-state index in [1.165, 1.54) is 12.0 Å². The van der Waals surface area contributed by atoms with Crippen LogP contribution in [0.1, 0.15) is 19.3 Å². The van der Waals surface area contributed by atoms with Crippen LogP contribution in [0.15, 0.2) is 18.2 Å². The zero-order chi connectivity index (χ0) is 19.3. The first-order chi connectivity index (χ1) is 12.4. The zero-order valence-corrected chi connectivity index (χ0v) is 15.2. The molecule has 8 heteroatoms. The smallest absolute Gasteiger partial charge is 0.303 e. The number of carbonyl (C=O) groups excluding carboxylic acids is 2. The van der Waals surface area contributed by atoms with Crippen LogP contribution in [-0.4, -0.2) is 62.1 Å². The van der Waals surface area contributed by atoms with E-state index in [4.69, 9.17) is 14.6 Å². The second-order valence-corrected chi connectivity index (χ2v) is 6.20. The van der Waals surface area contributed by atoms with E-state index in [0.29, 0.717) is 30.2 Å². The summed E-state index contributed by atoms with van der Waals surface area (Å²) in [5.74, 6) is -0.531. The van der Waals surface area contributed by atoms with Gasteiger partial charge in [0.15, 0.2) is 0 Å². The van der Waals surface area contributed by atoms with Gasteiger partial charge in [-0.05, 0) is 18.6 Å². The number of anilines is 1. The summed E-state index contributed by atoms with van der Waals surface area (Å²) < 4.78 is 10.5. The number of hydrogen-bond donors (Lipinski definition) is 1. The number of carbonyl (C=O) groups is 3. The van der Waals surface area contributed by atoms with Gasteiger partial charge >= 0.3 is 5.97 Å². The summed E-state index contributed by atoms with van der Waals surface area (Å²) in [4.78, 5) is 38.6. The molecule has 1 fully saturated rings. The lowest BCUT2D eigenvalue weighted by Gasteiger charge is -2.22. The number of carboxylic acid groups (broad SMARTS) is 1. The fourth-order valence-electron chi connectivity index (χ4n) is 3.00. The lowest BCUT2D eigenvalue weighted by molar-refractivity contribution is -0.138. The Kier molecular flexibility index (Phi) is 6.43. The second kappa shape index (κ2) is 8.55. The Morgan fingerprint density at radius 1 is 1.31 bits per heavy atom. The molecule has 1 aliphatic heterocycles. The van der Waals surface area contributed by atoms with Gasteiger partial charge in [0.25, 0.3) is 0 Å². The van der Waals surface area contributed by atoms with Crippen molar-refractivity contribution in [2.75, 3.05) is 39.3 Å². The maximum atomic E-state index is 12.5. The maximum absolute atomic E-state index is 12.5. The monoisotopic (exact) mass is 364 g/mol. The van der Waals surface area contributed by atoms with Gasteiger partial charge in [-0.1, -0.05) is 0 Å². The van der Waals surface area contributed by atoms with Gasteiger partial charge in [0.2, 0.25) is 11.8 Å². The lowest BCUT2D eigenvalue weighted by atomic mass is 10.1. The largest absolute Gasteiger partial charge is 0.497 e. The van der Waals surface area contributed by atoms with Crippen LogP contribution in [0, 0.1) is 5.92 Å².